The maximum Gasteiger partial charge on any atom is 0.139 e. The number of aromatic amines is 1. The molecule has 18 heavy (non-hydrogen) atoms. The number of nitrogens with two attached hydrogens (primary N) is 1. The average Bonchev–Trinajstić information content (AvgIpc) is 2.78. The first-order valence-electron chi connectivity index (χ1n) is 5.66. The SMILES string of the molecule is Cc1cccc(-c2nc3c(N)cccc3[nH]2)c1Br. The first-order chi connectivity index (χ1) is 8.66. The van der Waals surface area contributed by atoms with Gasteiger partial charge >= 0.3 is 0 Å². The highest BCUT2D eigenvalue weighted by molar-refractivity contribution is 9.10. The molecule has 3 nitrogen and oxygen atoms in total. The highest BCUT2D eigenvalue weighted by Crippen LogP contribution is 2.31. The fourth-order valence-corrected chi connectivity index (χ4v) is 2.46. The number of hydrogen-bond acceptors (Lipinski definition) is 2. The van der Waals surface area contributed by atoms with Crippen LogP contribution in [-0.4, -0.2) is 9.97 Å². The fourth-order valence-electron chi connectivity index (χ4n) is 2.01. The molecule has 4 heteroatoms. The van der Waals surface area contributed by atoms with E-state index in [0.29, 0.717) is 5.69 Å². The molecule has 1 aromatic heterocycles. The number of nitrogen functional groups attached to an aromatic ring is 1. The number of H-pyrrole nitrogens is 1. The summed E-state index contributed by atoms with van der Waals surface area (Å²) < 4.78 is 1.06. The molecule has 2 aromatic carbocycles. The van der Waals surface area contributed by atoms with Crippen molar-refractivity contribution in [2.24, 2.45) is 0 Å². The summed E-state index contributed by atoms with van der Waals surface area (Å²) in [5.41, 5.74) is 10.6. The van der Waals surface area contributed by atoms with Crippen LogP contribution in [0.15, 0.2) is 40.9 Å². The molecular weight excluding hydrogens is 290 g/mol. The smallest absolute Gasteiger partial charge is 0.139 e. The molecule has 0 aliphatic heterocycles. The van der Waals surface area contributed by atoms with Crippen molar-refractivity contribution in [1.82, 2.24) is 9.97 Å². The molecule has 0 fully saturated rings. The number of benzene rings is 2. The highest BCUT2D eigenvalue weighted by Gasteiger charge is 2.10. The van der Waals surface area contributed by atoms with Gasteiger partial charge in [-0.15, -0.1) is 0 Å². The number of hydrogen-bond donors (Lipinski definition) is 2. The van der Waals surface area contributed by atoms with E-state index in [-0.39, 0.29) is 0 Å². The molecule has 0 spiro atoms. The summed E-state index contributed by atoms with van der Waals surface area (Å²) in [7, 11) is 0. The number of anilines is 1. The van der Waals surface area contributed by atoms with Crippen LogP contribution in [0.3, 0.4) is 0 Å². The first kappa shape index (κ1) is 11.3. The second kappa shape index (κ2) is 4.14. The van der Waals surface area contributed by atoms with Crippen molar-refractivity contribution in [1.29, 1.82) is 0 Å². The van der Waals surface area contributed by atoms with Gasteiger partial charge in [0.1, 0.15) is 11.3 Å². The van der Waals surface area contributed by atoms with E-state index in [9.17, 15) is 0 Å². The number of aryl methyl sites for hydroxylation is 1. The predicted molar refractivity (Wildman–Crippen MR) is 78.4 cm³/mol. The average molecular weight is 302 g/mol. The Bertz CT molecular complexity index is 731. The third kappa shape index (κ3) is 1.69. The molecule has 0 saturated carbocycles. The highest BCUT2D eigenvalue weighted by atomic mass is 79.9. The van der Waals surface area contributed by atoms with Crippen molar-refractivity contribution < 1.29 is 0 Å². The van der Waals surface area contributed by atoms with E-state index in [1.807, 2.05) is 30.3 Å². The van der Waals surface area contributed by atoms with Gasteiger partial charge in [-0.05, 0) is 40.5 Å². The quantitative estimate of drug-likeness (QED) is 0.670. The molecule has 3 N–H and O–H groups in total. The van der Waals surface area contributed by atoms with Crippen molar-refractivity contribution in [2.75, 3.05) is 5.73 Å². The maximum atomic E-state index is 5.92. The number of nitrogens with one attached hydrogen (secondary N) is 1. The zero-order chi connectivity index (χ0) is 12.7. The van der Waals surface area contributed by atoms with Gasteiger partial charge < -0.3 is 10.7 Å². The van der Waals surface area contributed by atoms with Crippen LogP contribution in [0.4, 0.5) is 5.69 Å². The molecule has 0 amide bonds. The van der Waals surface area contributed by atoms with Crippen LogP contribution in [0.25, 0.3) is 22.4 Å². The Hall–Kier alpha value is -1.81. The van der Waals surface area contributed by atoms with Gasteiger partial charge in [0.05, 0.1) is 11.2 Å². The van der Waals surface area contributed by atoms with Gasteiger partial charge in [0, 0.05) is 10.0 Å². The number of nitrogens with zero attached hydrogens (tertiary/aromatic N) is 1. The van der Waals surface area contributed by atoms with Crippen molar-refractivity contribution in [3.8, 4) is 11.4 Å². The van der Waals surface area contributed by atoms with E-state index in [1.165, 1.54) is 5.56 Å². The van der Waals surface area contributed by atoms with Crippen molar-refractivity contribution >= 4 is 32.7 Å². The molecule has 0 atom stereocenters. The monoisotopic (exact) mass is 301 g/mol. The lowest BCUT2D eigenvalue weighted by Gasteiger charge is -2.03. The van der Waals surface area contributed by atoms with E-state index in [2.05, 4.69) is 38.9 Å². The second-order valence-corrected chi connectivity index (χ2v) is 5.06. The Balaban J connectivity index is 2.26. The molecule has 0 radical (unpaired) electrons. The van der Waals surface area contributed by atoms with Crippen molar-refractivity contribution in [3.05, 3.63) is 46.4 Å². The van der Waals surface area contributed by atoms with Crippen LogP contribution in [0.1, 0.15) is 5.56 Å². The van der Waals surface area contributed by atoms with Crippen LogP contribution in [0.5, 0.6) is 0 Å². The number of halogens is 1. The van der Waals surface area contributed by atoms with Crippen LogP contribution < -0.4 is 5.73 Å². The van der Waals surface area contributed by atoms with Gasteiger partial charge in [-0.25, -0.2) is 4.98 Å². The zero-order valence-corrected chi connectivity index (χ0v) is 11.5. The fraction of sp³-hybridized carbons (Fsp3) is 0.0714. The summed E-state index contributed by atoms with van der Waals surface area (Å²) in [4.78, 5) is 7.87. The summed E-state index contributed by atoms with van der Waals surface area (Å²) >= 11 is 3.60. The van der Waals surface area contributed by atoms with Crippen LogP contribution >= 0.6 is 15.9 Å². The minimum atomic E-state index is 0.693. The van der Waals surface area contributed by atoms with E-state index in [0.717, 1.165) is 26.9 Å². The third-order valence-corrected chi connectivity index (χ3v) is 4.04. The van der Waals surface area contributed by atoms with Gasteiger partial charge in [0.2, 0.25) is 0 Å². The maximum absolute atomic E-state index is 5.92. The van der Waals surface area contributed by atoms with E-state index in [1.54, 1.807) is 0 Å². The lowest BCUT2D eigenvalue weighted by Crippen LogP contribution is -1.86. The Morgan fingerprint density at radius 1 is 1.17 bits per heavy atom. The normalized spacial score (nSPS) is 11.0. The minimum absolute atomic E-state index is 0.693. The Morgan fingerprint density at radius 3 is 2.72 bits per heavy atom. The molecular formula is C14H12BrN3. The van der Waals surface area contributed by atoms with Gasteiger partial charge in [-0.3, -0.25) is 0 Å². The Kier molecular flexibility index (Phi) is 2.59. The number of fused-ring (bicyclic) bond motifs is 1. The number of imidazole rings is 1. The van der Waals surface area contributed by atoms with Gasteiger partial charge in [0.25, 0.3) is 0 Å². The van der Waals surface area contributed by atoms with Crippen LogP contribution in [0.2, 0.25) is 0 Å². The summed E-state index contributed by atoms with van der Waals surface area (Å²) in [6.07, 6.45) is 0. The van der Waals surface area contributed by atoms with Gasteiger partial charge in [-0.2, -0.15) is 0 Å². The zero-order valence-electron chi connectivity index (χ0n) is 9.87. The third-order valence-electron chi connectivity index (χ3n) is 2.99. The number of aromatic nitrogens is 2. The number of para-hydroxylation sites is 1. The topological polar surface area (TPSA) is 54.7 Å². The Labute approximate surface area is 113 Å². The molecule has 90 valence electrons. The molecule has 3 rings (SSSR count). The largest absolute Gasteiger partial charge is 0.397 e. The van der Waals surface area contributed by atoms with E-state index >= 15 is 0 Å². The molecule has 0 bridgehead atoms. The summed E-state index contributed by atoms with van der Waals surface area (Å²) in [5.74, 6) is 0.832. The molecule has 1 heterocycles. The van der Waals surface area contributed by atoms with Gasteiger partial charge in [0.15, 0.2) is 0 Å². The Morgan fingerprint density at radius 2 is 1.94 bits per heavy atom. The lowest BCUT2D eigenvalue weighted by atomic mass is 10.1. The standard InChI is InChI=1S/C14H12BrN3/c1-8-4-2-5-9(12(8)15)14-17-11-7-3-6-10(16)13(11)18-14/h2-7H,16H2,1H3,(H,17,18). The van der Waals surface area contributed by atoms with Gasteiger partial charge in [-0.1, -0.05) is 24.3 Å². The molecule has 3 aromatic rings. The van der Waals surface area contributed by atoms with Crippen molar-refractivity contribution in [3.63, 3.8) is 0 Å². The van der Waals surface area contributed by atoms with E-state index < -0.39 is 0 Å². The molecule has 0 aliphatic rings. The predicted octanol–water partition coefficient (Wildman–Crippen LogP) is 3.88. The van der Waals surface area contributed by atoms with Crippen LogP contribution in [0, 0.1) is 6.92 Å². The minimum Gasteiger partial charge on any atom is -0.397 e. The lowest BCUT2D eigenvalue weighted by molar-refractivity contribution is 1.31. The molecule has 0 saturated heterocycles. The summed E-state index contributed by atoms with van der Waals surface area (Å²) in [6, 6.07) is 11.9. The molecule has 0 aliphatic carbocycles. The first-order valence-corrected chi connectivity index (χ1v) is 6.46. The summed E-state index contributed by atoms with van der Waals surface area (Å²) in [5, 5.41) is 0. The molecule has 0 unspecified atom stereocenters. The van der Waals surface area contributed by atoms with E-state index in [4.69, 9.17) is 5.73 Å². The van der Waals surface area contributed by atoms with Crippen LogP contribution in [-0.2, 0) is 0 Å². The van der Waals surface area contributed by atoms with Crippen molar-refractivity contribution in [2.45, 2.75) is 6.92 Å². The second-order valence-electron chi connectivity index (χ2n) is 4.27. The summed E-state index contributed by atoms with van der Waals surface area (Å²) in [6.45, 7) is 2.06. The number of rotatable bonds is 1.